The number of allylic oxidation sites excluding steroid dienone is 4. The number of aromatic amines is 2. The maximum Gasteiger partial charge on any atom is 0.481 e. The molecule has 11 N–H and O–H groups in total. The van der Waals surface area contributed by atoms with Gasteiger partial charge in [-0.2, -0.15) is 9.29 Å². The fourth-order valence-corrected chi connectivity index (χ4v) is 14.4. The summed E-state index contributed by atoms with van der Waals surface area (Å²) in [6, 6.07) is 8.12. The van der Waals surface area contributed by atoms with Gasteiger partial charge in [-0.1, -0.05) is 44.4 Å². The van der Waals surface area contributed by atoms with E-state index >= 15 is 0 Å². The Morgan fingerprint density at radius 1 is 0.879 bits per heavy atom. The van der Waals surface area contributed by atoms with Crippen LogP contribution in [0.15, 0.2) is 41.9 Å². The van der Waals surface area contributed by atoms with Crippen LogP contribution >= 0.6 is 35.2 Å². The second-order valence-electron chi connectivity index (χ2n) is 22.4. The molecule has 8 bridgehead atoms. The molecule has 7 unspecified atom stereocenters. The standard InChI is InChI=1S/C56H74N11O19P3S.Cu/c1-10-32-28(3)38-23-43-33(11-2)31(6)42(66(43)9)22-37-30(5)35(41(65-37)21-40-34(12-14-46(69)70)29(4)36(63-40)20-39(32)64-38)13-15-47(71)90-19-18-58-45(68)16-17-59-54(74)51(73)56(7,8)25-83-89(80,81)86-88(78,79)82-24-44-50(85-87(75,76)77)49(72)55(84-44)67-27-62-48-52(57)60-26-61-53(48)67;/h20-23,26-27,44,49-51,55,72-73H,10-19,24-25H2,1-9H3,(H10,57,58,59,60,61,63,64,65,68,69,70,74,75,76,77,78,79,80,81);/p-1. The Bertz CT molecular complexity index is 4050. The summed E-state index contributed by atoms with van der Waals surface area (Å²) in [4.78, 5) is 107. The number of aliphatic carboxylic acids is 1. The molecule has 3 aliphatic heterocycles. The zero-order chi connectivity index (χ0) is 65.9. The average Bonchev–Trinajstić information content (AvgIpc) is 1.64. The quantitative estimate of drug-likeness (QED) is 0.00887. The molecular formula is C56H73CuN11O19P3S-. The molecule has 1 amide bonds. The summed E-state index contributed by atoms with van der Waals surface area (Å²) >= 11 is 0.997. The summed E-state index contributed by atoms with van der Waals surface area (Å²) in [5.74, 6) is -2.67. The van der Waals surface area contributed by atoms with Gasteiger partial charge in [-0.3, -0.25) is 28.1 Å². The fourth-order valence-electron chi connectivity index (χ4n) is 10.9. The number of aromatic nitrogens is 8. The van der Waals surface area contributed by atoms with Crippen LogP contribution in [0.25, 0.3) is 55.5 Å². The van der Waals surface area contributed by atoms with Crippen LogP contribution in [0, 0.1) is 19.3 Å². The number of carboxylic acid groups (broad SMARTS) is 1. The third-order valence-electron chi connectivity index (χ3n) is 15.8. The number of carboxylic acids is 1. The van der Waals surface area contributed by atoms with Crippen molar-refractivity contribution in [3.63, 3.8) is 0 Å². The van der Waals surface area contributed by atoms with Gasteiger partial charge in [0.1, 0.15) is 24.4 Å². The molecule has 30 nitrogen and oxygen atoms in total. The fraction of sp³-hybridized carbons (Fsp3) is 0.482. The molecule has 499 valence electrons. The number of thioether (sulfide) groups is 1. The van der Waals surface area contributed by atoms with Crippen molar-refractivity contribution in [2.75, 3.05) is 37.8 Å². The van der Waals surface area contributed by atoms with E-state index in [1.807, 2.05) is 33.0 Å². The molecule has 1 fully saturated rings. The molecule has 0 saturated carbocycles. The van der Waals surface area contributed by atoms with Gasteiger partial charge in [0, 0.05) is 82.8 Å². The first kappa shape index (κ1) is 72.6. The predicted molar refractivity (Wildman–Crippen MR) is 327 cm³/mol. The molecule has 1 radical (unpaired) electrons. The van der Waals surface area contributed by atoms with Gasteiger partial charge >= 0.3 is 29.1 Å². The second-order valence-corrected chi connectivity index (χ2v) is 27.8. The summed E-state index contributed by atoms with van der Waals surface area (Å²) in [6.07, 6.45) is -5.08. The molecule has 0 aliphatic carbocycles. The predicted octanol–water partition coefficient (Wildman–Crippen LogP) is 3.98. The number of aliphatic hydroxyl groups excluding tert-OH is 2. The molecule has 91 heavy (non-hydrogen) atoms. The molecule has 8 rings (SSSR count). The summed E-state index contributed by atoms with van der Waals surface area (Å²) < 4.78 is 65.3. The monoisotopic (exact) mass is 1390 g/mol. The van der Waals surface area contributed by atoms with Crippen LogP contribution in [-0.4, -0.2) is 144 Å². The third-order valence-corrected chi connectivity index (χ3v) is 19.8. The number of phosphoric ester groups is 3. The van der Waals surface area contributed by atoms with E-state index in [1.54, 1.807) is 0 Å². The van der Waals surface area contributed by atoms with E-state index in [0.29, 0.717) is 29.2 Å². The summed E-state index contributed by atoms with van der Waals surface area (Å²) in [5.41, 5.74) is 18.8. The molecule has 0 spiro atoms. The number of aryl methyl sites for hydroxylation is 5. The van der Waals surface area contributed by atoms with Crippen molar-refractivity contribution in [3.05, 3.63) is 81.9 Å². The van der Waals surface area contributed by atoms with Crippen molar-refractivity contribution in [2.45, 2.75) is 131 Å². The number of nitrogens with one attached hydrogen (secondary N) is 3. The van der Waals surface area contributed by atoms with E-state index < -0.39 is 90.5 Å². The van der Waals surface area contributed by atoms with Crippen molar-refractivity contribution in [3.8, 4) is 0 Å². The number of imidazole rings is 1. The van der Waals surface area contributed by atoms with Crippen LogP contribution in [0.3, 0.4) is 0 Å². The number of H-pyrrole nitrogens is 2. The van der Waals surface area contributed by atoms with Gasteiger partial charge in [0.05, 0.1) is 36.0 Å². The van der Waals surface area contributed by atoms with E-state index in [9.17, 15) is 68.1 Å². The molecule has 1 saturated heterocycles. The maximum absolute atomic E-state index is 13.5. The normalized spacial score (nSPS) is 19.0. The summed E-state index contributed by atoms with van der Waals surface area (Å²) in [7, 11) is -14.5. The van der Waals surface area contributed by atoms with E-state index in [2.05, 4.69) is 79.0 Å². The Morgan fingerprint density at radius 2 is 1.52 bits per heavy atom. The first-order valence-corrected chi connectivity index (χ1v) is 34.1. The number of nitrogens with zero attached hydrogens (tertiary/aromatic N) is 7. The van der Waals surface area contributed by atoms with Crippen molar-refractivity contribution in [1.29, 1.82) is 0 Å². The van der Waals surface area contributed by atoms with E-state index in [4.69, 9.17) is 34.0 Å². The van der Waals surface area contributed by atoms with Crippen molar-refractivity contribution in [1.82, 2.24) is 39.8 Å². The topological polar surface area (TPSA) is 458 Å². The maximum atomic E-state index is 13.5. The minimum absolute atomic E-state index is 0. The zero-order valence-electron chi connectivity index (χ0n) is 51.1. The number of aliphatic hydroxyl groups is 2. The van der Waals surface area contributed by atoms with Gasteiger partial charge in [-0.25, -0.2) is 28.2 Å². The molecular weight excluding hydrogens is 1320 g/mol. The van der Waals surface area contributed by atoms with Gasteiger partial charge in [0.25, 0.3) is 0 Å². The minimum atomic E-state index is -5.63. The van der Waals surface area contributed by atoms with Crippen molar-refractivity contribution >= 4 is 119 Å². The van der Waals surface area contributed by atoms with E-state index in [0.717, 1.165) is 92.0 Å². The molecule has 8 heterocycles. The number of ether oxygens (including phenoxy) is 1. The number of phosphoric acid groups is 3. The summed E-state index contributed by atoms with van der Waals surface area (Å²) in [6.45, 7) is 12.4. The number of amides is 1. The Kier molecular flexibility index (Phi) is 23.6. The Hall–Kier alpha value is -5.85. The van der Waals surface area contributed by atoms with Gasteiger partial charge in [-0.15, -0.1) is 0 Å². The van der Waals surface area contributed by atoms with Crippen LogP contribution in [0.2, 0.25) is 0 Å². The Balaban J connectivity index is 0.0000118. The number of hydrogen-bond donors (Lipinski definition) is 10. The van der Waals surface area contributed by atoms with Crippen LogP contribution < -0.4 is 25.8 Å². The van der Waals surface area contributed by atoms with Crippen molar-refractivity contribution in [2.24, 2.45) is 17.5 Å². The van der Waals surface area contributed by atoms with E-state index in [1.165, 1.54) is 30.3 Å². The third kappa shape index (κ3) is 17.1. The van der Waals surface area contributed by atoms with Crippen LogP contribution in [0.5, 0.6) is 0 Å². The Labute approximate surface area is 537 Å². The van der Waals surface area contributed by atoms with Crippen LogP contribution in [0.4, 0.5) is 5.82 Å². The number of anilines is 1. The molecule has 3 aliphatic rings. The van der Waals surface area contributed by atoms with Gasteiger partial charge in [0.2, 0.25) is 17.7 Å². The molecule has 35 heteroatoms. The summed E-state index contributed by atoms with van der Waals surface area (Å²) in [5, 5.41) is 48.6. The van der Waals surface area contributed by atoms with Gasteiger partial charge in [0.15, 0.2) is 23.6 Å². The van der Waals surface area contributed by atoms with Gasteiger partial charge in [-0.05, 0) is 141 Å². The smallest absolute Gasteiger partial charge is 0.481 e. The van der Waals surface area contributed by atoms with Crippen LogP contribution in [-0.2, 0) is 87.7 Å². The number of nitrogens with two attached hydrogens (primary N) is 1. The van der Waals surface area contributed by atoms with Crippen LogP contribution in [0.1, 0.15) is 125 Å². The number of hydrogen-bond acceptors (Lipinski definition) is 22. The average molecular weight is 1390 g/mol. The number of carbonyl (C=O) groups is 3. The van der Waals surface area contributed by atoms with Crippen molar-refractivity contribution < 1.29 is 112 Å². The number of aliphatic imine (C=N–C) groups is 1. The number of fused-ring (bicyclic) bond motifs is 9. The number of carbonyl (C=O) groups excluding carboxylic acids is 3. The second kappa shape index (κ2) is 29.6. The molecule has 5 aromatic rings. The SMILES string of the molecule is CCc1c(C)c2cc3c(CC)c(C)c(cc4nc(cc5nc(cc1[nH]2)C(C)=C5CCC(=O)[O-])C(CCC(=O)SCCN=C([O-])CCNC(=O)C(O)C(C)(C)COP(=O)(O)OP(=O)(O)OCC1OC([n+]2c[nH]c5c(N)ncnc52)C(O)C1OP(=O)(O)O)=C4C)n3C.[Cu]. The largest absolute Gasteiger partial charge is 0.862 e. The van der Waals surface area contributed by atoms with Gasteiger partial charge < -0.3 is 75.1 Å². The minimum Gasteiger partial charge on any atom is -0.862 e. The molecule has 0 aromatic carbocycles. The first-order chi connectivity index (χ1) is 42.2. The molecule has 5 aromatic heterocycles. The zero-order valence-corrected chi connectivity index (χ0v) is 55.5. The Morgan fingerprint density at radius 3 is 2.15 bits per heavy atom. The number of nitrogen functional groups attached to an aromatic ring is 1. The van der Waals surface area contributed by atoms with E-state index in [-0.39, 0.29) is 83.7 Å². The molecule has 7 atom stereocenters. The number of rotatable bonds is 27. The first-order valence-electron chi connectivity index (χ1n) is 28.6.